The highest BCUT2D eigenvalue weighted by Gasteiger charge is 2.12. The fourth-order valence-corrected chi connectivity index (χ4v) is 3.00. The molecule has 0 amide bonds. The second kappa shape index (κ2) is 6.32. The lowest BCUT2D eigenvalue weighted by Gasteiger charge is -2.12. The molecule has 1 heterocycles. The van der Waals surface area contributed by atoms with Gasteiger partial charge in [0.1, 0.15) is 5.75 Å². The van der Waals surface area contributed by atoms with Gasteiger partial charge in [0.05, 0.1) is 22.3 Å². The van der Waals surface area contributed by atoms with Gasteiger partial charge in [0, 0.05) is 17.1 Å². The molecule has 3 rings (SSSR count). The summed E-state index contributed by atoms with van der Waals surface area (Å²) in [5.41, 5.74) is 3.66. The van der Waals surface area contributed by atoms with Gasteiger partial charge >= 0.3 is 0 Å². The van der Waals surface area contributed by atoms with Crippen LogP contribution >= 0.6 is 22.6 Å². The average molecular weight is 400 g/mol. The summed E-state index contributed by atoms with van der Waals surface area (Å²) in [6, 6.07) is 13.7. The highest BCUT2D eigenvalue weighted by atomic mass is 127. The number of hydrogen-bond donors (Lipinski definition) is 0. The Bertz CT molecular complexity index is 867. The molecule has 1 aromatic heterocycles. The van der Waals surface area contributed by atoms with Crippen LogP contribution in [0.1, 0.15) is 6.92 Å². The monoisotopic (exact) mass is 400 g/mol. The molecular formula is C18H13IN2O. The van der Waals surface area contributed by atoms with Crippen LogP contribution in [0.2, 0.25) is 0 Å². The van der Waals surface area contributed by atoms with Gasteiger partial charge in [0.25, 0.3) is 0 Å². The zero-order chi connectivity index (χ0) is 15.5. The third-order valence-electron chi connectivity index (χ3n) is 3.40. The maximum absolute atomic E-state index is 7.04. The number of fused-ring (bicyclic) bond motifs is 1. The van der Waals surface area contributed by atoms with Gasteiger partial charge in [-0.25, -0.2) is 4.85 Å². The van der Waals surface area contributed by atoms with Crippen LogP contribution in [0.15, 0.2) is 48.7 Å². The normalized spacial score (nSPS) is 10.4. The molecule has 0 saturated heterocycles. The minimum atomic E-state index is 0.624. The van der Waals surface area contributed by atoms with Crippen molar-refractivity contribution in [3.8, 4) is 16.9 Å². The van der Waals surface area contributed by atoms with Crippen molar-refractivity contribution in [2.45, 2.75) is 6.92 Å². The van der Waals surface area contributed by atoms with Gasteiger partial charge in [0.15, 0.2) is 5.69 Å². The van der Waals surface area contributed by atoms with Crippen LogP contribution in [-0.2, 0) is 0 Å². The fourth-order valence-electron chi connectivity index (χ4n) is 2.41. The second-order valence-corrected chi connectivity index (χ2v) is 5.89. The maximum atomic E-state index is 7.04. The zero-order valence-corrected chi connectivity index (χ0v) is 14.2. The molecule has 0 saturated carbocycles. The fraction of sp³-hybridized carbons (Fsp3) is 0.111. The predicted molar refractivity (Wildman–Crippen MR) is 97.3 cm³/mol. The number of ether oxygens (including phenoxy) is 1. The topological polar surface area (TPSA) is 26.5 Å². The number of hydrogen-bond acceptors (Lipinski definition) is 2. The van der Waals surface area contributed by atoms with Crippen LogP contribution in [0.25, 0.3) is 26.9 Å². The van der Waals surface area contributed by atoms with E-state index >= 15 is 0 Å². The van der Waals surface area contributed by atoms with E-state index in [1.165, 1.54) is 0 Å². The summed E-state index contributed by atoms with van der Waals surface area (Å²) in [7, 11) is 0. The molecule has 0 unspecified atom stereocenters. The van der Waals surface area contributed by atoms with Crippen LogP contribution in [0.3, 0.4) is 0 Å². The molecule has 22 heavy (non-hydrogen) atoms. The molecule has 0 fully saturated rings. The number of pyridine rings is 1. The van der Waals surface area contributed by atoms with E-state index in [0.717, 1.165) is 31.3 Å². The third-order valence-corrected chi connectivity index (χ3v) is 4.17. The van der Waals surface area contributed by atoms with Gasteiger partial charge in [-0.1, -0.05) is 36.4 Å². The Labute approximate surface area is 142 Å². The first-order chi connectivity index (χ1) is 10.7. The van der Waals surface area contributed by atoms with E-state index in [1.807, 2.05) is 55.6 Å². The summed E-state index contributed by atoms with van der Waals surface area (Å²) in [6.07, 6.45) is 1.84. The molecule has 0 aliphatic heterocycles. The van der Waals surface area contributed by atoms with E-state index in [4.69, 9.17) is 11.3 Å². The van der Waals surface area contributed by atoms with Crippen molar-refractivity contribution in [3.05, 3.63) is 63.6 Å². The van der Waals surface area contributed by atoms with Gasteiger partial charge in [-0.15, -0.1) is 0 Å². The summed E-state index contributed by atoms with van der Waals surface area (Å²) < 4.78 is 6.80. The lowest BCUT2D eigenvalue weighted by molar-refractivity contribution is 0.342. The van der Waals surface area contributed by atoms with Crippen molar-refractivity contribution in [2.24, 2.45) is 0 Å². The molecule has 0 atom stereocenters. The van der Waals surface area contributed by atoms with Crippen LogP contribution in [0.4, 0.5) is 5.69 Å². The van der Waals surface area contributed by atoms with E-state index < -0.39 is 0 Å². The summed E-state index contributed by atoms with van der Waals surface area (Å²) in [6.45, 7) is 9.65. The minimum absolute atomic E-state index is 0.624. The molecule has 2 aromatic carbocycles. The smallest absolute Gasteiger partial charge is 0.187 e. The number of halogens is 1. The average Bonchev–Trinajstić information content (AvgIpc) is 2.57. The first-order valence-corrected chi connectivity index (χ1v) is 8.00. The second-order valence-electron chi connectivity index (χ2n) is 4.73. The van der Waals surface area contributed by atoms with Crippen LogP contribution in [0, 0.1) is 10.1 Å². The number of para-hydroxylation sites is 1. The quantitative estimate of drug-likeness (QED) is 0.432. The van der Waals surface area contributed by atoms with Gasteiger partial charge in [-0.3, -0.25) is 4.98 Å². The molecule has 0 radical (unpaired) electrons. The molecule has 3 nitrogen and oxygen atoms in total. The van der Waals surface area contributed by atoms with Crippen molar-refractivity contribution < 1.29 is 4.74 Å². The van der Waals surface area contributed by atoms with Crippen molar-refractivity contribution in [2.75, 3.05) is 6.61 Å². The van der Waals surface area contributed by atoms with Crippen molar-refractivity contribution in [3.63, 3.8) is 0 Å². The van der Waals surface area contributed by atoms with E-state index in [0.29, 0.717) is 12.3 Å². The Balaban J connectivity index is 2.22. The molecule has 3 aromatic rings. The zero-order valence-electron chi connectivity index (χ0n) is 12.0. The molecular weight excluding hydrogens is 387 g/mol. The first-order valence-electron chi connectivity index (χ1n) is 6.92. The van der Waals surface area contributed by atoms with Crippen LogP contribution in [0.5, 0.6) is 5.75 Å². The molecule has 0 aliphatic carbocycles. The lowest BCUT2D eigenvalue weighted by atomic mass is 10.0. The number of rotatable bonds is 3. The van der Waals surface area contributed by atoms with E-state index in [1.54, 1.807) is 0 Å². The number of benzene rings is 2. The Morgan fingerprint density at radius 1 is 1.18 bits per heavy atom. The Morgan fingerprint density at radius 3 is 2.64 bits per heavy atom. The highest BCUT2D eigenvalue weighted by molar-refractivity contribution is 14.1. The maximum Gasteiger partial charge on any atom is 0.187 e. The first kappa shape index (κ1) is 14.8. The summed E-state index contributed by atoms with van der Waals surface area (Å²) in [5.74, 6) is 0.882. The van der Waals surface area contributed by atoms with E-state index in [2.05, 4.69) is 32.4 Å². The van der Waals surface area contributed by atoms with Crippen molar-refractivity contribution in [1.82, 2.24) is 4.98 Å². The van der Waals surface area contributed by atoms with Crippen molar-refractivity contribution in [1.29, 1.82) is 0 Å². The SMILES string of the molecule is [C-]#[N+]c1ccc(-c2cccc3c(OCC)c(I)cnc23)cc1. The molecule has 0 aliphatic rings. The van der Waals surface area contributed by atoms with Gasteiger partial charge in [-0.2, -0.15) is 0 Å². The summed E-state index contributed by atoms with van der Waals surface area (Å²) >= 11 is 2.25. The third kappa shape index (κ3) is 2.64. The molecule has 0 N–H and O–H groups in total. The summed E-state index contributed by atoms with van der Waals surface area (Å²) in [4.78, 5) is 8.03. The van der Waals surface area contributed by atoms with E-state index in [-0.39, 0.29) is 0 Å². The van der Waals surface area contributed by atoms with E-state index in [9.17, 15) is 0 Å². The Morgan fingerprint density at radius 2 is 1.95 bits per heavy atom. The number of aromatic nitrogens is 1. The predicted octanol–water partition coefficient (Wildman–Crippen LogP) is 5.46. The largest absolute Gasteiger partial charge is 0.492 e. The summed E-state index contributed by atoms with van der Waals surface area (Å²) in [5, 5.41) is 1.01. The lowest BCUT2D eigenvalue weighted by Crippen LogP contribution is -1.97. The van der Waals surface area contributed by atoms with Gasteiger partial charge in [-0.05, 0) is 41.1 Å². The van der Waals surface area contributed by atoms with Gasteiger partial charge in [0.2, 0.25) is 0 Å². The molecule has 108 valence electrons. The Hall–Kier alpha value is -2.13. The molecule has 0 bridgehead atoms. The van der Waals surface area contributed by atoms with Gasteiger partial charge < -0.3 is 4.74 Å². The molecule has 0 spiro atoms. The Kier molecular flexibility index (Phi) is 4.25. The minimum Gasteiger partial charge on any atom is -0.492 e. The standard InChI is InChI=1S/C18H13IN2O/c1-3-22-18-15-6-4-5-14(17(15)21-11-16(18)19)12-7-9-13(20-2)10-8-12/h4-11H,3H2,1H3. The van der Waals surface area contributed by atoms with Crippen molar-refractivity contribution >= 4 is 39.2 Å². The van der Waals surface area contributed by atoms with Crippen LogP contribution < -0.4 is 4.74 Å². The molecule has 4 heteroatoms. The highest BCUT2D eigenvalue weighted by Crippen LogP contribution is 2.35. The van der Waals surface area contributed by atoms with Crippen LogP contribution in [-0.4, -0.2) is 11.6 Å². The number of nitrogens with zero attached hydrogens (tertiary/aromatic N) is 2.